The Morgan fingerprint density at radius 2 is 0.850 bits per heavy atom. The molecule has 2 aromatic carbocycles. The van der Waals surface area contributed by atoms with Gasteiger partial charge in [0.15, 0.2) is 0 Å². The first-order valence-electron chi connectivity index (χ1n) is 6.81. The topological polar surface area (TPSA) is 0 Å². The van der Waals surface area contributed by atoms with Crippen LogP contribution in [0, 0.1) is 0 Å². The molecule has 0 aliphatic heterocycles. The van der Waals surface area contributed by atoms with E-state index in [1.165, 1.54) is 22.3 Å². The third-order valence-corrected chi connectivity index (χ3v) is 3.32. The van der Waals surface area contributed by atoms with Gasteiger partial charge in [-0.05, 0) is 22.3 Å². The molecule has 0 heterocycles. The molecule has 0 radical (unpaired) electrons. The van der Waals surface area contributed by atoms with Gasteiger partial charge in [0.1, 0.15) is 0 Å². The molecule has 2 aromatic rings. The molecule has 20 heavy (non-hydrogen) atoms. The Balaban J connectivity index is 1.88. The zero-order chi connectivity index (χ0) is 13.6. The lowest BCUT2D eigenvalue weighted by Crippen LogP contribution is -1.83. The molecule has 0 saturated carbocycles. The summed E-state index contributed by atoms with van der Waals surface area (Å²) in [6.07, 6.45) is 12.8. The molecular weight excluding hydrogens is 240 g/mol. The highest BCUT2D eigenvalue weighted by Crippen LogP contribution is 2.21. The van der Waals surface area contributed by atoms with E-state index in [9.17, 15) is 0 Å². The summed E-state index contributed by atoms with van der Waals surface area (Å²) in [5, 5.41) is 0. The molecule has 1 aliphatic rings. The van der Waals surface area contributed by atoms with Crippen molar-refractivity contribution in [1.29, 1.82) is 0 Å². The maximum absolute atomic E-state index is 2.15. The van der Waals surface area contributed by atoms with Crippen molar-refractivity contribution in [3.8, 4) is 0 Å². The van der Waals surface area contributed by atoms with Crippen molar-refractivity contribution in [3.05, 3.63) is 108 Å². The van der Waals surface area contributed by atoms with Crippen molar-refractivity contribution in [1.82, 2.24) is 0 Å². The van der Waals surface area contributed by atoms with Crippen LogP contribution < -0.4 is 0 Å². The molecule has 0 nitrogen and oxygen atoms in total. The highest BCUT2D eigenvalue weighted by Gasteiger charge is 1.99. The normalized spacial score (nSPS) is 22.6. The van der Waals surface area contributed by atoms with E-state index in [2.05, 4.69) is 85.0 Å². The first-order valence-corrected chi connectivity index (χ1v) is 6.81. The monoisotopic (exact) mass is 256 g/mol. The van der Waals surface area contributed by atoms with E-state index < -0.39 is 0 Å². The van der Waals surface area contributed by atoms with Crippen LogP contribution in [0.5, 0.6) is 0 Å². The molecule has 96 valence electrons. The largest absolute Gasteiger partial charge is 0.0622 e. The molecule has 0 spiro atoms. The average molecular weight is 256 g/mol. The molecule has 3 rings (SSSR count). The number of rotatable bonds is 2. The van der Waals surface area contributed by atoms with Crippen molar-refractivity contribution in [2.45, 2.75) is 0 Å². The number of hydrogen-bond acceptors (Lipinski definition) is 0. The predicted octanol–water partition coefficient (Wildman–Crippen LogP) is 5.28. The van der Waals surface area contributed by atoms with Crippen molar-refractivity contribution in [2.24, 2.45) is 0 Å². The lowest BCUT2D eigenvalue weighted by Gasteiger charge is -2.05. The molecule has 0 atom stereocenters. The van der Waals surface area contributed by atoms with E-state index in [0.717, 1.165) is 0 Å². The first kappa shape index (κ1) is 12.4. The minimum absolute atomic E-state index is 1.23. The summed E-state index contributed by atoms with van der Waals surface area (Å²) in [6, 6.07) is 20.9. The zero-order valence-electron chi connectivity index (χ0n) is 11.2. The second-order valence-electron chi connectivity index (χ2n) is 4.69. The lowest BCUT2D eigenvalue weighted by molar-refractivity contribution is 1.60. The fourth-order valence-corrected chi connectivity index (χ4v) is 2.27. The molecular formula is C20H16. The molecule has 0 heteroatoms. The second kappa shape index (κ2) is 6.03. The van der Waals surface area contributed by atoms with Crippen LogP contribution in [0.2, 0.25) is 0 Å². The molecule has 0 bridgehead atoms. The minimum atomic E-state index is 1.23. The highest BCUT2D eigenvalue weighted by molar-refractivity contribution is 5.81. The van der Waals surface area contributed by atoms with Crippen LogP contribution >= 0.6 is 0 Å². The molecule has 0 unspecified atom stereocenters. The number of hydrogen-bond donors (Lipinski definition) is 0. The molecule has 0 N–H and O–H groups in total. The average Bonchev–Trinajstić information content (AvgIpc) is 2.49. The van der Waals surface area contributed by atoms with Gasteiger partial charge in [-0.1, -0.05) is 97.1 Å². The zero-order valence-corrected chi connectivity index (χ0v) is 11.2. The Morgan fingerprint density at radius 1 is 0.450 bits per heavy atom. The van der Waals surface area contributed by atoms with Gasteiger partial charge in [0.05, 0.1) is 0 Å². The Morgan fingerprint density at radius 3 is 1.25 bits per heavy atom. The second-order valence-corrected chi connectivity index (χ2v) is 4.69. The molecule has 1 aliphatic carbocycles. The quantitative estimate of drug-likeness (QED) is 0.685. The van der Waals surface area contributed by atoms with Crippen LogP contribution in [-0.2, 0) is 0 Å². The standard InChI is InChI=1S/C20H16/c1-3-9-17(10-4-1)19-13-7-15-20(16-8-14-19)18-11-5-2-6-12-18/h1-16H/b13-7-,14-8?,15-7?,16-8-,19-13?,19-14+,20-15+,20-16?. The summed E-state index contributed by atoms with van der Waals surface area (Å²) >= 11 is 0. The van der Waals surface area contributed by atoms with Crippen molar-refractivity contribution in [2.75, 3.05) is 0 Å². The SMILES string of the molecule is C1=C\C(c2ccccc2)=C/C=C\C(c2ccccc2)=C/1. The maximum Gasteiger partial charge on any atom is -0.0184 e. The summed E-state index contributed by atoms with van der Waals surface area (Å²) in [5.41, 5.74) is 4.94. The Labute approximate surface area is 120 Å². The maximum atomic E-state index is 2.15. The molecule has 0 aromatic heterocycles. The van der Waals surface area contributed by atoms with Crippen LogP contribution in [0.3, 0.4) is 0 Å². The highest BCUT2D eigenvalue weighted by atomic mass is 14.0. The van der Waals surface area contributed by atoms with E-state index in [4.69, 9.17) is 0 Å². The smallest absolute Gasteiger partial charge is 0.0184 e. The first-order chi connectivity index (χ1) is 9.93. The lowest BCUT2D eigenvalue weighted by atomic mass is 10.00. The third kappa shape index (κ3) is 2.86. The summed E-state index contributed by atoms with van der Waals surface area (Å²) in [4.78, 5) is 0. The molecule has 0 saturated heterocycles. The number of benzene rings is 2. The Kier molecular flexibility index (Phi) is 3.75. The Bertz CT molecular complexity index is 620. The molecule has 0 fully saturated rings. The van der Waals surface area contributed by atoms with E-state index in [1.807, 2.05) is 12.1 Å². The Hall–Kier alpha value is -2.60. The van der Waals surface area contributed by atoms with Gasteiger partial charge in [-0.25, -0.2) is 0 Å². The van der Waals surface area contributed by atoms with Gasteiger partial charge in [-0.3, -0.25) is 0 Å². The van der Waals surface area contributed by atoms with Crippen molar-refractivity contribution >= 4 is 11.1 Å². The van der Waals surface area contributed by atoms with Gasteiger partial charge < -0.3 is 0 Å². The fourth-order valence-electron chi connectivity index (χ4n) is 2.27. The van der Waals surface area contributed by atoms with E-state index in [0.29, 0.717) is 0 Å². The van der Waals surface area contributed by atoms with E-state index in [-0.39, 0.29) is 0 Å². The van der Waals surface area contributed by atoms with Crippen molar-refractivity contribution < 1.29 is 0 Å². The van der Waals surface area contributed by atoms with Crippen molar-refractivity contribution in [3.63, 3.8) is 0 Å². The van der Waals surface area contributed by atoms with Gasteiger partial charge in [-0.2, -0.15) is 0 Å². The van der Waals surface area contributed by atoms with Crippen LogP contribution in [0.15, 0.2) is 97.1 Å². The molecule has 0 amide bonds. The summed E-state index contributed by atoms with van der Waals surface area (Å²) in [5.74, 6) is 0. The third-order valence-electron chi connectivity index (χ3n) is 3.32. The van der Waals surface area contributed by atoms with Crippen LogP contribution in [-0.4, -0.2) is 0 Å². The summed E-state index contributed by atoms with van der Waals surface area (Å²) < 4.78 is 0. The van der Waals surface area contributed by atoms with Gasteiger partial charge in [0.2, 0.25) is 0 Å². The summed E-state index contributed by atoms with van der Waals surface area (Å²) in [7, 11) is 0. The van der Waals surface area contributed by atoms with Gasteiger partial charge in [-0.15, -0.1) is 0 Å². The van der Waals surface area contributed by atoms with Crippen LogP contribution in [0.1, 0.15) is 11.1 Å². The van der Waals surface area contributed by atoms with E-state index >= 15 is 0 Å². The van der Waals surface area contributed by atoms with Crippen LogP contribution in [0.25, 0.3) is 11.1 Å². The van der Waals surface area contributed by atoms with Gasteiger partial charge in [0, 0.05) is 0 Å². The fraction of sp³-hybridized carbons (Fsp3) is 0. The van der Waals surface area contributed by atoms with Gasteiger partial charge in [0.25, 0.3) is 0 Å². The van der Waals surface area contributed by atoms with Crippen LogP contribution in [0.4, 0.5) is 0 Å². The van der Waals surface area contributed by atoms with Gasteiger partial charge >= 0.3 is 0 Å². The summed E-state index contributed by atoms with van der Waals surface area (Å²) in [6.45, 7) is 0. The number of allylic oxidation sites excluding steroid dienone is 8. The predicted molar refractivity (Wildman–Crippen MR) is 87.1 cm³/mol. The minimum Gasteiger partial charge on any atom is -0.0622 e. The van der Waals surface area contributed by atoms with E-state index in [1.54, 1.807) is 0 Å².